The minimum Gasteiger partial charge on any atom is -0.491 e. The van der Waals surface area contributed by atoms with Crippen LogP contribution in [-0.4, -0.2) is 57.6 Å². The van der Waals surface area contributed by atoms with Crippen LogP contribution in [0.2, 0.25) is 0 Å². The largest absolute Gasteiger partial charge is 0.491 e. The van der Waals surface area contributed by atoms with Gasteiger partial charge in [0.15, 0.2) is 0 Å². The zero-order valence-electron chi connectivity index (χ0n) is 19.3. The van der Waals surface area contributed by atoms with Crippen molar-refractivity contribution in [2.45, 2.75) is 50.5 Å². The summed E-state index contributed by atoms with van der Waals surface area (Å²) in [6.07, 6.45) is 3.77. The number of fused-ring (bicyclic) bond motifs is 1. The van der Waals surface area contributed by atoms with Gasteiger partial charge in [0, 0.05) is 37.5 Å². The summed E-state index contributed by atoms with van der Waals surface area (Å²) in [4.78, 5) is 15.3. The van der Waals surface area contributed by atoms with Crippen LogP contribution in [0.1, 0.15) is 49.0 Å². The summed E-state index contributed by atoms with van der Waals surface area (Å²) >= 11 is 0. The third kappa shape index (κ3) is 5.08. The Balaban J connectivity index is 1.49. The van der Waals surface area contributed by atoms with Crippen LogP contribution < -0.4 is 9.64 Å². The fourth-order valence-electron chi connectivity index (χ4n) is 4.47. The van der Waals surface area contributed by atoms with Crippen LogP contribution in [0.15, 0.2) is 47.4 Å². The first-order valence-electron chi connectivity index (χ1n) is 11.7. The van der Waals surface area contributed by atoms with Gasteiger partial charge in [0.2, 0.25) is 10.0 Å². The molecular formula is C25H32N2O5S. The highest BCUT2D eigenvalue weighted by Gasteiger charge is 2.27. The second-order valence-corrected chi connectivity index (χ2v) is 10.3. The maximum absolute atomic E-state index is 13.3. The normalized spacial score (nSPS) is 18.4. The standard InChI is InChI=1S/C25H32N2O5S/c1-3-26(4-2)33(29,30)23-13-14-24-20(17-23)7-5-15-27(24)25(28)19-9-11-21(12-10-19)32-18-22-8-6-16-31-22/h9-14,17,22H,3-8,15-16,18H2,1-2H3. The van der Waals surface area contributed by atoms with Crippen LogP contribution >= 0.6 is 0 Å². The van der Waals surface area contributed by atoms with Crippen molar-refractivity contribution in [3.05, 3.63) is 53.6 Å². The number of sulfonamides is 1. The van der Waals surface area contributed by atoms with Crippen molar-refractivity contribution < 1.29 is 22.7 Å². The molecule has 178 valence electrons. The third-order valence-electron chi connectivity index (χ3n) is 6.32. The first kappa shape index (κ1) is 23.7. The molecule has 1 unspecified atom stereocenters. The van der Waals surface area contributed by atoms with Crippen molar-refractivity contribution in [1.29, 1.82) is 0 Å². The molecule has 0 radical (unpaired) electrons. The first-order chi connectivity index (χ1) is 15.9. The van der Waals surface area contributed by atoms with Crippen LogP contribution in [0.3, 0.4) is 0 Å². The van der Waals surface area contributed by atoms with Crippen LogP contribution in [0, 0.1) is 0 Å². The molecule has 0 aliphatic carbocycles. The SMILES string of the molecule is CCN(CC)S(=O)(=O)c1ccc2c(c1)CCCN2C(=O)c1ccc(OCC2CCCO2)cc1. The number of carbonyl (C=O) groups excluding carboxylic acids is 1. The minimum absolute atomic E-state index is 0.0963. The van der Waals surface area contributed by atoms with Crippen molar-refractivity contribution in [2.75, 3.05) is 37.7 Å². The summed E-state index contributed by atoms with van der Waals surface area (Å²) in [6, 6.07) is 12.3. The Kier molecular flexibility index (Phi) is 7.36. The van der Waals surface area contributed by atoms with E-state index >= 15 is 0 Å². The van der Waals surface area contributed by atoms with Crippen LogP contribution in [0.25, 0.3) is 0 Å². The molecule has 2 heterocycles. The molecule has 2 aliphatic rings. The quantitative estimate of drug-likeness (QED) is 0.583. The van der Waals surface area contributed by atoms with E-state index in [-0.39, 0.29) is 16.9 Å². The predicted molar refractivity (Wildman–Crippen MR) is 127 cm³/mol. The Morgan fingerprint density at radius 3 is 2.55 bits per heavy atom. The molecule has 1 saturated heterocycles. The molecule has 2 aromatic carbocycles. The molecule has 0 bridgehead atoms. The Hall–Kier alpha value is -2.42. The summed E-state index contributed by atoms with van der Waals surface area (Å²) < 4.78 is 38.6. The lowest BCUT2D eigenvalue weighted by Crippen LogP contribution is -2.36. The Bertz CT molecular complexity index is 1070. The maximum Gasteiger partial charge on any atom is 0.258 e. The summed E-state index contributed by atoms with van der Waals surface area (Å²) in [7, 11) is -3.53. The molecule has 8 heteroatoms. The van der Waals surface area contributed by atoms with Crippen molar-refractivity contribution >= 4 is 21.6 Å². The fraction of sp³-hybridized carbons (Fsp3) is 0.480. The van der Waals surface area contributed by atoms with Crippen molar-refractivity contribution in [3.8, 4) is 5.75 Å². The van der Waals surface area contributed by atoms with Gasteiger partial charge < -0.3 is 14.4 Å². The van der Waals surface area contributed by atoms with Gasteiger partial charge in [-0.25, -0.2) is 8.42 Å². The molecule has 0 aromatic heterocycles. The number of carbonyl (C=O) groups is 1. The lowest BCUT2D eigenvalue weighted by atomic mass is 10.0. The number of benzene rings is 2. The molecule has 4 rings (SSSR count). The highest BCUT2D eigenvalue weighted by molar-refractivity contribution is 7.89. The number of anilines is 1. The number of nitrogens with zero attached hydrogens (tertiary/aromatic N) is 2. The van der Waals surface area contributed by atoms with E-state index in [9.17, 15) is 13.2 Å². The highest BCUT2D eigenvalue weighted by atomic mass is 32.2. The first-order valence-corrected chi connectivity index (χ1v) is 13.2. The molecule has 0 spiro atoms. The van der Waals surface area contributed by atoms with Gasteiger partial charge in [0.05, 0.1) is 11.0 Å². The zero-order chi connectivity index (χ0) is 23.4. The molecule has 1 fully saturated rings. The van der Waals surface area contributed by atoms with Crippen molar-refractivity contribution in [1.82, 2.24) is 4.31 Å². The van der Waals surface area contributed by atoms with Crippen molar-refractivity contribution in [2.24, 2.45) is 0 Å². The van der Waals surface area contributed by atoms with Gasteiger partial charge in [-0.2, -0.15) is 4.31 Å². The van der Waals surface area contributed by atoms with Gasteiger partial charge >= 0.3 is 0 Å². The molecule has 7 nitrogen and oxygen atoms in total. The molecule has 2 aromatic rings. The zero-order valence-corrected chi connectivity index (χ0v) is 20.1. The fourth-order valence-corrected chi connectivity index (χ4v) is 5.98. The van der Waals surface area contributed by atoms with E-state index in [2.05, 4.69) is 0 Å². The lowest BCUT2D eigenvalue weighted by Gasteiger charge is -2.30. The number of amides is 1. The predicted octanol–water partition coefficient (Wildman–Crippen LogP) is 3.87. The third-order valence-corrected chi connectivity index (χ3v) is 8.36. The topological polar surface area (TPSA) is 76.2 Å². The van der Waals surface area contributed by atoms with E-state index in [0.717, 1.165) is 43.5 Å². The minimum atomic E-state index is -3.53. The van der Waals surface area contributed by atoms with E-state index in [1.807, 2.05) is 26.0 Å². The number of rotatable bonds is 8. The molecule has 0 N–H and O–H groups in total. The van der Waals surface area contributed by atoms with Gasteiger partial charge in [-0.3, -0.25) is 4.79 Å². The summed E-state index contributed by atoms with van der Waals surface area (Å²) in [6.45, 7) is 6.43. The number of hydrogen-bond donors (Lipinski definition) is 0. The molecular weight excluding hydrogens is 440 g/mol. The smallest absolute Gasteiger partial charge is 0.258 e. The van der Waals surface area contributed by atoms with E-state index in [0.29, 0.717) is 37.6 Å². The Morgan fingerprint density at radius 1 is 1.12 bits per heavy atom. The van der Waals surface area contributed by atoms with Gasteiger partial charge in [0.1, 0.15) is 12.4 Å². The van der Waals surface area contributed by atoms with Crippen LogP contribution in [0.4, 0.5) is 5.69 Å². The van der Waals surface area contributed by atoms with Crippen LogP contribution in [0.5, 0.6) is 5.75 Å². The van der Waals surface area contributed by atoms with E-state index in [4.69, 9.17) is 9.47 Å². The van der Waals surface area contributed by atoms with E-state index < -0.39 is 10.0 Å². The monoisotopic (exact) mass is 472 g/mol. The van der Waals surface area contributed by atoms with Crippen LogP contribution in [-0.2, 0) is 21.2 Å². The highest BCUT2D eigenvalue weighted by Crippen LogP contribution is 2.31. The maximum atomic E-state index is 13.3. The summed E-state index contributed by atoms with van der Waals surface area (Å²) in [5, 5.41) is 0. The molecule has 33 heavy (non-hydrogen) atoms. The van der Waals surface area contributed by atoms with Gasteiger partial charge in [-0.15, -0.1) is 0 Å². The molecule has 1 atom stereocenters. The summed E-state index contributed by atoms with van der Waals surface area (Å²) in [5.41, 5.74) is 2.25. The average Bonchev–Trinajstić information content (AvgIpc) is 3.36. The van der Waals surface area contributed by atoms with E-state index in [1.165, 1.54) is 4.31 Å². The number of aryl methyl sites for hydroxylation is 1. The average molecular weight is 473 g/mol. The van der Waals surface area contributed by atoms with Gasteiger partial charge in [-0.05, 0) is 73.7 Å². The van der Waals surface area contributed by atoms with Gasteiger partial charge in [0.25, 0.3) is 5.91 Å². The Labute approximate surface area is 196 Å². The van der Waals surface area contributed by atoms with Gasteiger partial charge in [-0.1, -0.05) is 13.8 Å². The Morgan fingerprint density at radius 2 is 1.88 bits per heavy atom. The number of ether oxygens (including phenoxy) is 2. The molecule has 1 amide bonds. The second-order valence-electron chi connectivity index (χ2n) is 8.41. The van der Waals surface area contributed by atoms with E-state index in [1.54, 1.807) is 35.2 Å². The summed E-state index contributed by atoms with van der Waals surface area (Å²) in [5.74, 6) is 0.619. The molecule has 0 saturated carbocycles. The second kappa shape index (κ2) is 10.2. The molecule has 2 aliphatic heterocycles. The number of hydrogen-bond acceptors (Lipinski definition) is 5. The van der Waals surface area contributed by atoms with Crippen molar-refractivity contribution in [3.63, 3.8) is 0 Å². The lowest BCUT2D eigenvalue weighted by molar-refractivity contribution is 0.0679.